The van der Waals surface area contributed by atoms with E-state index in [1.54, 1.807) is 24.7 Å². The summed E-state index contributed by atoms with van der Waals surface area (Å²) in [5, 5.41) is 4.34. The molecule has 8 aromatic carbocycles. The second kappa shape index (κ2) is 24.3. The van der Waals surface area contributed by atoms with Gasteiger partial charge in [0.2, 0.25) is 5.95 Å². The van der Waals surface area contributed by atoms with Crippen LogP contribution in [0.1, 0.15) is 27.2 Å². The van der Waals surface area contributed by atoms with E-state index in [1.807, 2.05) is 32.1 Å². The van der Waals surface area contributed by atoms with Gasteiger partial charge in [-0.25, -0.2) is 9.97 Å². The highest BCUT2D eigenvalue weighted by atomic mass is 32.1. The van der Waals surface area contributed by atoms with Crippen LogP contribution in [0.3, 0.4) is 0 Å². The Bertz CT molecular complexity index is 3700. The zero-order valence-electron chi connectivity index (χ0n) is 41.3. The van der Waals surface area contributed by atoms with Crippen LogP contribution < -0.4 is 0 Å². The summed E-state index contributed by atoms with van der Waals surface area (Å²) in [6.45, 7) is 12.9. The molecule has 0 atom stereocenters. The molecule has 0 saturated carbocycles. The Balaban J connectivity index is 0.000000380. The molecule has 0 aliphatic carbocycles. The van der Waals surface area contributed by atoms with E-state index in [-0.39, 0.29) is 0 Å². The maximum Gasteiger partial charge on any atom is 0.238 e. The minimum Gasteiger partial charge on any atom is -0.455 e. The predicted molar refractivity (Wildman–Crippen MR) is 312 cm³/mol. The smallest absolute Gasteiger partial charge is 0.238 e. The van der Waals surface area contributed by atoms with Crippen molar-refractivity contribution in [1.82, 2.24) is 19.5 Å². The molecule has 0 amide bonds. The van der Waals surface area contributed by atoms with E-state index in [9.17, 15) is 0 Å². The van der Waals surface area contributed by atoms with Gasteiger partial charge in [-0.3, -0.25) is 4.57 Å². The van der Waals surface area contributed by atoms with Gasteiger partial charge < -0.3 is 4.42 Å². The Morgan fingerprint density at radius 2 is 1.06 bits per heavy atom. The summed E-state index contributed by atoms with van der Waals surface area (Å²) in [5.41, 5.74) is 15.2. The fourth-order valence-corrected chi connectivity index (χ4v) is 8.70. The summed E-state index contributed by atoms with van der Waals surface area (Å²) in [4.78, 5) is 14.5. The fourth-order valence-electron chi connectivity index (χ4n) is 8.70. The Morgan fingerprint density at radius 3 is 1.69 bits per heavy atom. The zero-order valence-corrected chi connectivity index (χ0v) is 42.2. The van der Waals surface area contributed by atoms with Crippen molar-refractivity contribution in [3.8, 4) is 61.8 Å². The van der Waals surface area contributed by atoms with Gasteiger partial charge in [-0.15, -0.1) is 0 Å². The van der Waals surface area contributed by atoms with E-state index in [1.165, 1.54) is 39.0 Å². The van der Waals surface area contributed by atoms with Gasteiger partial charge in [0, 0.05) is 21.5 Å². The Hall–Kier alpha value is -8.58. The number of nitrogens with zero attached hydrogens (tertiary/aromatic N) is 4. The quantitative estimate of drug-likeness (QED) is 0.0843. The summed E-state index contributed by atoms with van der Waals surface area (Å²) in [5.74, 6) is 1.11. The summed E-state index contributed by atoms with van der Waals surface area (Å²) >= 11 is 3.53. The average molecular weight is 955 g/mol. The third-order valence-electron chi connectivity index (χ3n) is 12.2. The third-order valence-corrected chi connectivity index (χ3v) is 12.2. The number of rotatable bonds is 10. The van der Waals surface area contributed by atoms with Gasteiger partial charge in [-0.1, -0.05) is 201 Å². The van der Waals surface area contributed by atoms with Crippen LogP contribution in [-0.2, 0) is 0 Å². The maximum atomic E-state index is 6.60. The second-order valence-electron chi connectivity index (χ2n) is 16.9. The lowest BCUT2D eigenvalue weighted by molar-refractivity contribution is 0.669. The van der Waals surface area contributed by atoms with Crippen LogP contribution in [-0.4, -0.2) is 25.8 Å². The first-order valence-electron chi connectivity index (χ1n) is 24.1. The molecule has 5 nitrogen and oxygen atoms in total. The molecule has 0 aliphatic heterocycles. The van der Waals surface area contributed by atoms with Gasteiger partial charge in [0.15, 0.2) is 5.82 Å². The Morgan fingerprint density at radius 1 is 0.528 bits per heavy atom. The topological polar surface area (TPSA) is 56.7 Å². The molecule has 0 bridgehead atoms. The van der Waals surface area contributed by atoms with Crippen molar-refractivity contribution < 1.29 is 4.42 Å². The van der Waals surface area contributed by atoms with Crippen molar-refractivity contribution >= 4 is 56.4 Å². The number of fused-ring (bicyclic) bond motifs is 6. The first kappa shape index (κ1) is 49.8. The fraction of sp³-hybridized carbons (Fsp3) is 0.0758. The number of thiol groups is 1. The lowest BCUT2D eigenvalue weighted by Crippen LogP contribution is -2.03. The van der Waals surface area contributed by atoms with Crippen LogP contribution in [0.15, 0.2) is 260 Å². The van der Waals surface area contributed by atoms with Gasteiger partial charge in [-0.2, -0.15) is 17.6 Å². The third kappa shape index (κ3) is 11.2. The van der Waals surface area contributed by atoms with E-state index >= 15 is 0 Å². The minimum absolute atomic E-state index is 0.553. The molecule has 3 aromatic heterocycles. The molecule has 72 heavy (non-hydrogen) atoms. The Labute approximate surface area is 429 Å². The van der Waals surface area contributed by atoms with Gasteiger partial charge in [0.25, 0.3) is 0 Å². The van der Waals surface area contributed by atoms with Crippen molar-refractivity contribution in [3.05, 3.63) is 256 Å². The van der Waals surface area contributed by atoms with Crippen molar-refractivity contribution in [2.75, 3.05) is 6.26 Å². The van der Waals surface area contributed by atoms with Crippen LogP contribution in [0.2, 0.25) is 0 Å². The normalized spacial score (nSPS) is 11.3. The summed E-state index contributed by atoms with van der Waals surface area (Å²) < 4.78 is 8.72. The number of allylic oxidation sites excluding steroid dienone is 8. The standard InChI is InChI=1S/C51H32N4O.C10H16.C4H6.CH4S/c1-3-12-33(13-4-1)35-16-9-17-36(28-35)37-18-10-19-38(29-37)40-25-27-48-45(31-40)42-21-11-22-43(49(42)56-48)50-52-32-53-51(54-50)55-46-23-8-7-20-41(46)44-30-39(24-26-47(44)55)34-14-5-2-6-15-34;1-4-6-8-10(3)9-7-5-2;1-3-4-2;1-2/h1-32H;4-8H,9H2,1-3H3;3-4H,1-2H2;2H,1H3/b;6-4-,7-5-,10-8+;;. The van der Waals surface area contributed by atoms with Gasteiger partial charge in [0.1, 0.15) is 17.5 Å². The monoisotopic (exact) mass is 954 g/mol. The van der Waals surface area contributed by atoms with Gasteiger partial charge in [0.05, 0.1) is 16.6 Å². The van der Waals surface area contributed by atoms with E-state index in [0.717, 1.165) is 66.9 Å². The first-order valence-corrected chi connectivity index (χ1v) is 24.9. The number of hydrogen-bond donors (Lipinski definition) is 1. The number of hydrogen-bond acceptors (Lipinski definition) is 5. The van der Waals surface area contributed by atoms with Crippen LogP contribution >= 0.6 is 12.6 Å². The lowest BCUT2D eigenvalue weighted by atomic mass is 9.95. The van der Waals surface area contributed by atoms with E-state index in [0.29, 0.717) is 11.8 Å². The Kier molecular flexibility index (Phi) is 16.8. The van der Waals surface area contributed by atoms with E-state index in [2.05, 4.69) is 242 Å². The zero-order chi connectivity index (χ0) is 50.2. The van der Waals surface area contributed by atoms with Crippen LogP contribution in [0.5, 0.6) is 0 Å². The summed E-state index contributed by atoms with van der Waals surface area (Å²) in [6.07, 6.45) is 18.1. The molecule has 6 heteroatoms. The maximum absolute atomic E-state index is 6.60. The molecule has 0 N–H and O–H groups in total. The molecule has 0 spiro atoms. The number of para-hydroxylation sites is 2. The average Bonchev–Trinajstić information content (AvgIpc) is 4.00. The van der Waals surface area contributed by atoms with Crippen LogP contribution in [0.25, 0.3) is 106 Å². The molecule has 3 heterocycles. The molecule has 0 saturated heterocycles. The highest BCUT2D eigenvalue weighted by molar-refractivity contribution is 7.79. The lowest BCUT2D eigenvalue weighted by Gasteiger charge is -2.09. The van der Waals surface area contributed by atoms with Gasteiger partial charge in [-0.05, 0) is 126 Å². The number of aromatic nitrogens is 4. The predicted octanol–water partition coefficient (Wildman–Crippen LogP) is 18.6. The number of benzene rings is 8. The minimum atomic E-state index is 0.553. The molecule has 0 aliphatic rings. The molecule has 0 unspecified atom stereocenters. The highest BCUT2D eigenvalue weighted by Gasteiger charge is 2.19. The molecule has 0 fully saturated rings. The largest absolute Gasteiger partial charge is 0.455 e. The molecular formula is C66H58N4OS. The second-order valence-corrected chi connectivity index (χ2v) is 16.9. The van der Waals surface area contributed by atoms with E-state index < -0.39 is 0 Å². The van der Waals surface area contributed by atoms with Crippen molar-refractivity contribution in [1.29, 1.82) is 0 Å². The highest BCUT2D eigenvalue weighted by Crippen LogP contribution is 2.39. The van der Waals surface area contributed by atoms with E-state index in [4.69, 9.17) is 14.4 Å². The van der Waals surface area contributed by atoms with Crippen molar-refractivity contribution in [2.24, 2.45) is 0 Å². The van der Waals surface area contributed by atoms with Crippen molar-refractivity contribution in [3.63, 3.8) is 0 Å². The molecule has 354 valence electrons. The first-order chi connectivity index (χ1) is 35.5. The number of furan rings is 1. The van der Waals surface area contributed by atoms with Crippen LogP contribution in [0, 0.1) is 0 Å². The summed E-state index contributed by atoms with van der Waals surface area (Å²) in [6, 6.07) is 66.1. The summed E-state index contributed by atoms with van der Waals surface area (Å²) in [7, 11) is 0. The SMILES string of the molecule is C/C=C\C=C(/C)C/C=C\C.C=CC=C.CS.c1ccc(-c2cccc(-c3cccc(-c4ccc5oc6c(-c7ncnc(-n8c9ccccc9c9cc(-c%10ccccc%10)ccc98)n7)cccc6c5c4)c3)c2)cc1. The molecular weight excluding hydrogens is 897 g/mol. The molecule has 0 radical (unpaired) electrons. The molecule has 11 aromatic rings. The van der Waals surface area contributed by atoms with Crippen LogP contribution in [0.4, 0.5) is 0 Å². The molecule has 11 rings (SSSR count). The van der Waals surface area contributed by atoms with Crippen molar-refractivity contribution in [2.45, 2.75) is 27.2 Å². The van der Waals surface area contributed by atoms with Gasteiger partial charge >= 0.3 is 0 Å².